The normalized spacial score (nSPS) is 14.7. The van der Waals surface area contributed by atoms with Crippen LogP contribution in [0.15, 0.2) is 88.5 Å². The molecule has 7 nitrogen and oxygen atoms in total. The van der Waals surface area contributed by atoms with Crippen LogP contribution in [0.1, 0.15) is 34.8 Å². The van der Waals surface area contributed by atoms with Crippen molar-refractivity contribution in [3.63, 3.8) is 0 Å². The predicted molar refractivity (Wildman–Crippen MR) is 162 cm³/mol. The second-order valence-corrected chi connectivity index (χ2v) is 10.9. The molecule has 0 amide bonds. The Labute approximate surface area is 244 Å². The Bertz CT molecular complexity index is 1590. The predicted octanol–water partition coefficient (Wildman–Crippen LogP) is 4.10. The van der Waals surface area contributed by atoms with E-state index < -0.39 is 28.9 Å². The molecule has 2 heterocycles. The number of anilines is 1. The topological polar surface area (TPSA) is 76.5 Å². The van der Waals surface area contributed by atoms with Crippen molar-refractivity contribution < 1.29 is 8.78 Å². The van der Waals surface area contributed by atoms with Crippen LogP contribution in [0.2, 0.25) is 0 Å². The summed E-state index contributed by atoms with van der Waals surface area (Å²) in [7, 11) is 0. The van der Waals surface area contributed by atoms with Gasteiger partial charge in [-0.2, -0.15) is 0 Å². The monoisotopic (exact) mass is 573 g/mol. The lowest BCUT2D eigenvalue weighted by molar-refractivity contribution is 0.254. The summed E-state index contributed by atoms with van der Waals surface area (Å²) < 4.78 is 31.7. The average Bonchev–Trinajstić information content (AvgIpc) is 3.00. The summed E-state index contributed by atoms with van der Waals surface area (Å²) in [6, 6.07) is 22.6. The van der Waals surface area contributed by atoms with E-state index in [0.717, 1.165) is 54.7 Å². The van der Waals surface area contributed by atoms with E-state index in [2.05, 4.69) is 29.2 Å². The molecule has 1 atom stereocenters. The number of halogens is 2. The minimum atomic E-state index is -0.745. The second kappa shape index (κ2) is 13.3. The van der Waals surface area contributed by atoms with Crippen molar-refractivity contribution in [2.75, 3.05) is 37.6 Å². The molecule has 4 aromatic rings. The highest BCUT2D eigenvalue weighted by molar-refractivity contribution is 5.49. The summed E-state index contributed by atoms with van der Waals surface area (Å²) in [4.78, 5) is 32.0. The lowest BCUT2D eigenvalue weighted by Gasteiger charge is -2.37. The van der Waals surface area contributed by atoms with Crippen LogP contribution in [-0.2, 0) is 19.5 Å². The highest BCUT2D eigenvalue weighted by atomic mass is 19.1. The van der Waals surface area contributed by atoms with Gasteiger partial charge in [-0.15, -0.1) is 0 Å². The summed E-state index contributed by atoms with van der Waals surface area (Å²) in [6.07, 6.45) is 2.04. The third-order valence-corrected chi connectivity index (χ3v) is 8.11. The average molecular weight is 574 g/mol. The Morgan fingerprint density at radius 2 is 1.43 bits per heavy atom. The zero-order valence-corrected chi connectivity index (χ0v) is 23.9. The molecule has 1 aromatic heterocycles. The molecule has 1 fully saturated rings. The van der Waals surface area contributed by atoms with Crippen molar-refractivity contribution in [3.05, 3.63) is 134 Å². The molecule has 1 unspecified atom stereocenters. The van der Waals surface area contributed by atoms with Gasteiger partial charge < -0.3 is 10.6 Å². The molecule has 0 bridgehead atoms. The van der Waals surface area contributed by atoms with Gasteiger partial charge in [0.15, 0.2) is 0 Å². The van der Waals surface area contributed by atoms with Crippen LogP contribution in [0.3, 0.4) is 0 Å². The lowest BCUT2D eigenvalue weighted by Crippen LogP contribution is -2.51. The third-order valence-electron chi connectivity index (χ3n) is 8.11. The molecular formula is C33H37F2N5O2. The van der Waals surface area contributed by atoms with E-state index in [1.165, 1.54) is 16.2 Å². The van der Waals surface area contributed by atoms with Crippen LogP contribution in [-0.4, -0.2) is 46.8 Å². The number of hydrogen-bond acceptors (Lipinski definition) is 5. The van der Waals surface area contributed by atoms with Crippen molar-refractivity contribution in [2.24, 2.45) is 5.73 Å². The van der Waals surface area contributed by atoms with Crippen molar-refractivity contribution >= 4 is 5.69 Å². The van der Waals surface area contributed by atoms with E-state index in [1.54, 1.807) is 6.92 Å². The SMILES string of the molecule is Cc1c(N2CCN(CCCc3ccccc3)CC2)c(=O)n(CC(N)c2ccccc2)c(=O)n1Cc1c(F)cccc1F. The fraction of sp³-hybridized carbons (Fsp3) is 0.333. The Morgan fingerprint density at radius 1 is 0.810 bits per heavy atom. The molecule has 1 aliphatic rings. The van der Waals surface area contributed by atoms with Gasteiger partial charge in [0.1, 0.15) is 17.3 Å². The van der Waals surface area contributed by atoms with Gasteiger partial charge >= 0.3 is 5.69 Å². The summed E-state index contributed by atoms with van der Waals surface area (Å²) in [5, 5.41) is 0. The number of piperazine rings is 1. The fourth-order valence-electron chi connectivity index (χ4n) is 5.69. The molecule has 0 saturated carbocycles. The van der Waals surface area contributed by atoms with Gasteiger partial charge in [0, 0.05) is 43.5 Å². The van der Waals surface area contributed by atoms with E-state index in [4.69, 9.17) is 5.73 Å². The maximum absolute atomic E-state index is 14.7. The number of nitrogens with zero attached hydrogens (tertiary/aromatic N) is 4. The molecule has 220 valence electrons. The Hall–Kier alpha value is -4.08. The first-order chi connectivity index (χ1) is 20.3. The zero-order chi connectivity index (χ0) is 29.6. The standard InChI is InChI=1S/C33H37F2N5O2/c1-24-31(38-20-18-37(19-21-38)17-9-12-25-10-4-2-5-11-25)32(41)40(23-30(36)26-13-6-3-7-14-26)33(42)39(24)22-27-28(34)15-8-16-29(27)35/h2-8,10-11,13-16,30H,9,12,17-23,36H2,1H3. The maximum Gasteiger partial charge on any atom is 0.331 e. The molecule has 5 rings (SSSR count). The van der Waals surface area contributed by atoms with E-state index >= 15 is 0 Å². The van der Waals surface area contributed by atoms with Crippen LogP contribution in [0.4, 0.5) is 14.5 Å². The quantitative estimate of drug-likeness (QED) is 0.309. The van der Waals surface area contributed by atoms with Crippen LogP contribution >= 0.6 is 0 Å². The molecule has 1 saturated heterocycles. The van der Waals surface area contributed by atoms with Gasteiger partial charge in [0.25, 0.3) is 5.56 Å². The highest BCUT2D eigenvalue weighted by Crippen LogP contribution is 2.20. The van der Waals surface area contributed by atoms with Gasteiger partial charge in [-0.1, -0.05) is 66.7 Å². The molecule has 42 heavy (non-hydrogen) atoms. The van der Waals surface area contributed by atoms with Crippen LogP contribution in [0, 0.1) is 18.6 Å². The molecule has 0 spiro atoms. The molecular weight excluding hydrogens is 536 g/mol. The maximum atomic E-state index is 14.7. The smallest absolute Gasteiger partial charge is 0.331 e. The molecule has 9 heteroatoms. The minimum absolute atomic E-state index is 0.0613. The summed E-state index contributed by atoms with van der Waals surface area (Å²) in [5.41, 5.74) is 7.98. The molecule has 0 aliphatic carbocycles. The van der Waals surface area contributed by atoms with Gasteiger partial charge in [0.05, 0.1) is 13.1 Å². The highest BCUT2D eigenvalue weighted by Gasteiger charge is 2.26. The first-order valence-electron chi connectivity index (χ1n) is 14.4. The largest absolute Gasteiger partial charge is 0.363 e. The van der Waals surface area contributed by atoms with Crippen LogP contribution < -0.4 is 21.9 Å². The van der Waals surface area contributed by atoms with Gasteiger partial charge in [-0.05, 0) is 49.6 Å². The van der Waals surface area contributed by atoms with Gasteiger partial charge in [-0.3, -0.25) is 18.8 Å². The van der Waals surface area contributed by atoms with E-state index in [1.807, 2.05) is 41.3 Å². The minimum Gasteiger partial charge on any atom is -0.363 e. The summed E-state index contributed by atoms with van der Waals surface area (Å²) in [6.45, 7) is 4.94. The molecule has 1 aliphatic heterocycles. The van der Waals surface area contributed by atoms with Crippen LogP contribution in [0.5, 0.6) is 0 Å². The number of aryl methyl sites for hydroxylation is 1. The molecule has 2 N–H and O–H groups in total. The third kappa shape index (κ3) is 6.53. The number of aromatic nitrogens is 2. The summed E-state index contributed by atoms with van der Waals surface area (Å²) >= 11 is 0. The number of nitrogens with two attached hydrogens (primary N) is 1. The first kappa shape index (κ1) is 29.4. The molecule has 0 radical (unpaired) electrons. The zero-order valence-electron chi connectivity index (χ0n) is 23.9. The van der Waals surface area contributed by atoms with Crippen molar-refractivity contribution in [3.8, 4) is 0 Å². The van der Waals surface area contributed by atoms with Crippen molar-refractivity contribution in [2.45, 2.75) is 38.9 Å². The Kier molecular flexibility index (Phi) is 9.29. The first-order valence-corrected chi connectivity index (χ1v) is 14.4. The number of hydrogen-bond donors (Lipinski definition) is 1. The van der Waals surface area contributed by atoms with Crippen molar-refractivity contribution in [1.82, 2.24) is 14.0 Å². The number of benzene rings is 3. The van der Waals surface area contributed by atoms with E-state index in [9.17, 15) is 18.4 Å². The van der Waals surface area contributed by atoms with E-state index in [-0.39, 0.29) is 18.7 Å². The second-order valence-electron chi connectivity index (χ2n) is 10.9. The Balaban J connectivity index is 1.42. The number of rotatable bonds is 10. The lowest BCUT2D eigenvalue weighted by atomic mass is 10.1. The Morgan fingerprint density at radius 3 is 2.07 bits per heavy atom. The van der Waals surface area contributed by atoms with Gasteiger partial charge in [-0.25, -0.2) is 13.6 Å². The fourth-order valence-corrected chi connectivity index (χ4v) is 5.69. The summed E-state index contributed by atoms with van der Waals surface area (Å²) in [5.74, 6) is -1.49. The van der Waals surface area contributed by atoms with Crippen molar-refractivity contribution in [1.29, 1.82) is 0 Å². The molecule has 3 aromatic carbocycles. The van der Waals surface area contributed by atoms with Gasteiger partial charge in [0.2, 0.25) is 0 Å². The van der Waals surface area contributed by atoms with Crippen LogP contribution in [0.25, 0.3) is 0 Å². The van der Waals surface area contributed by atoms with E-state index in [0.29, 0.717) is 24.5 Å².